The fourth-order valence-corrected chi connectivity index (χ4v) is 4.27. The number of ether oxygens (including phenoxy) is 2. The van der Waals surface area contributed by atoms with Gasteiger partial charge in [0, 0.05) is 24.4 Å². The molecule has 0 radical (unpaired) electrons. The van der Waals surface area contributed by atoms with Crippen molar-refractivity contribution in [2.45, 2.75) is 31.2 Å². The molecule has 2 N–H and O–H groups in total. The summed E-state index contributed by atoms with van der Waals surface area (Å²) < 4.78 is 38.2. The summed E-state index contributed by atoms with van der Waals surface area (Å²) >= 11 is 6.08. The number of sulfonamides is 1. The molecule has 0 atom stereocenters. The zero-order chi connectivity index (χ0) is 21.7. The minimum absolute atomic E-state index is 0.0169. The van der Waals surface area contributed by atoms with Gasteiger partial charge in [0.05, 0.1) is 11.6 Å². The number of hydrogen-bond donors (Lipinski definition) is 2. The number of rotatable bonds is 8. The molecule has 0 aliphatic carbocycles. The van der Waals surface area contributed by atoms with E-state index in [1.54, 1.807) is 40.0 Å². The monoisotopic (exact) mass is 441 g/mol. The third kappa shape index (κ3) is 6.67. The van der Waals surface area contributed by atoms with Crippen molar-refractivity contribution >= 4 is 33.2 Å². The van der Waals surface area contributed by atoms with E-state index in [-0.39, 0.29) is 28.0 Å². The molecule has 0 fully saturated rings. The van der Waals surface area contributed by atoms with Crippen LogP contribution in [0.5, 0.6) is 5.88 Å². The van der Waals surface area contributed by atoms with Crippen molar-refractivity contribution in [3.8, 4) is 5.88 Å². The number of anilines is 1. The Balaban J connectivity index is 2.27. The van der Waals surface area contributed by atoms with Crippen LogP contribution >= 0.6 is 11.6 Å². The van der Waals surface area contributed by atoms with Crippen LogP contribution in [0.3, 0.4) is 0 Å². The van der Waals surface area contributed by atoms with Crippen LogP contribution < -0.4 is 14.8 Å². The third-order valence-corrected chi connectivity index (χ3v) is 5.71. The van der Waals surface area contributed by atoms with Gasteiger partial charge in [0.1, 0.15) is 17.2 Å². The minimum atomic E-state index is -3.91. The van der Waals surface area contributed by atoms with Crippen LogP contribution in [0.4, 0.5) is 5.69 Å². The number of pyridine rings is 1. The summed E-state index contributed by atoms with van der Waals surface area (Å²) in [4.78, 5) is 16.6. The van der Waals surface area contributed by atoms with E-state index >= 15 is 0 Å². The summed E-state index contributed by atoms with van der Waals surface area (Å²) in [6.45, 7) is 5.76. The average Bonchev–Trinajstić information content (AvgIpc) is 2.61. The molecule has 1 amide bonds. The molecule has 0 spiro atoms. The second-order valence-electron chi connectivity index (χ2n) is 7.15. The number of nitrogens with one attached hydrogen (secondary N) is 2. The lowest BCUT2D eigenvalue weighted by Crippen LogP contribution is -2.40. The number of carbonyl (C=O) groups is 1. The highest BCUT2D eigenvalue weighted by Gasteiger charge is 2.25. The summed E-state index contributed by atoms with van der Waals surface area (Å²) in [5.74, 6) is -0.299. The molecule has 1 aromatic carbocycles. The van der Waals surface area contributed by atoms with E-state index in [0.717, 1.165) is 0 Å². The van der Waals surface area contributed by atoms with E-state index in [1.807, 2.05) is 0 Å². The van der Waals surface area contributed by atoms with Gasteiger partial charge in [-0.25, -0.2) is 18.1 Å². The summed E-state index contributed by atoms with van der Waals surface area (Å²) in [5.41, 5.74) is -0.235. The quantitative estimate of drug-likeness (QED) is 0.609. The second-order valence-corrected chi connectivity index (χ2v) is 9.21. The van der Waals surface area contributed by atoms with Crippen LogP contribution in [0.15, 0.2) is 41.4 Å². The maximum atomic E-state index is 12.7. The van der Waals surface area contributed by atoms with Gasteiger partial charge in [0.15, 0.2) is 0 Å². The predicted octanol–water partition coefficient (Wildman–Crippen LogP) is 3.09. The van der Waals surface area contributed by atoms with Crippen LogP contribution in [0, 0.1) is 0 Å². The molecule has 8 nitrogen and oxygen atoms in total. The molecule has 10 heteroatoms. The summed E-state index contributed by atoms with van der Waals surface area (Å²) in [5, 5.41) is 2.69. The number of hydrogen-bond acceptors (Lipinski definition) is 6. The lowest BCUT2D eigenvalue weighted by atomic mass is 10.1. The molecule has 0 bridgehead atoms. The molecule has 29 heavy (non-hydrogen) atoms. The summed E-state index contributed by atoms with van der Waals surface area (Å²) in [6, 6.07) is 7.31. The van der Waals surface area contributed by atoms with Gasteiger partial charge in [-0.2, -0.15) is 0 Å². The molecular formula is C19H24ClN3O5S. The second kappa shape index (κ2) is 9.53. The van der Waals surface area contributed by atoms with E-state index < -0.39 is 21.5 Å². The van der Waals surface area contributed by atoms with Gasteiger partial charge in [-0.05, 0) is 51.1 Å². The average molecular weight is 442 g/mol. The zero-order valence-electron chi connectivity index (χ0n) is 16.7. The van der Waals surface area contributed by atoms with Gasteiger partial charge in [0.2, 0.25) is 15.9 Å². The Bertz CT molecular complexity index is 974. The Kier molecular flexibility index (Phi) is 7.59. The SMILES string of the molecule is COCCOc1ncccc1NC(=O)c1ccc(Cl)c(S(=O)(=O)NC(C)(C)C)c1. The first-order chi connectivity index (χ1) is 13.5. The van der Waals surface area contributed by atoms with Gasteiger partial charge in [-0.3, -0.25) is 4.79 Å². The van der Waals surface area contributed by atoms with Gasteiger partial charge >= 0.3 is 0 Å². The lowest BCUT2D eigenvalue weighted by Gasteiger charge is -2.21. The minimum Gasteiger partial charge on any atom is -0.474 e. The summed E-state index contributed by atoms with van der Waals surface area (Å²) in [6.07, 6.45) is 1.53. The topological polar surface area (TPSA) is 107 Å². The number of amides is 1. The van der Waals surface area contributed by atoms with E-state index in [9.17, 15) is 13.2 Å². The highest BCUT2D eigenvalue weighted by Crippen LogP contribution is 2.26. The molecule has 2 aromatic rings. The molecule has 158 valence electrons. The lowest BCUT2D eigenvalue weighted by molar-refractivity contribution is 0.102. The van der Waals surface area contributed by atoms with E-state index in [4.69, 9.17) is 21.1 Å². The number of halogens is 1. The Morgan fingerprint density at radius 1 is 1.21 bits per heavy atom. The molecule has 1 aromatic heterocycles. The molecule has 0 aliphatic heterocycles. The first-order valence-electron chi connectivity index (χ1n) is 8.75. The largest absolute Gasteiger partial charge is 0.474 e. The van der Waals surface area contributed by atoms with Gasteiger partial charge in [-0.15, -0.1) is 0 Å². The maximum absolute atomic E-state index is 12.7. The zero-order valence-corrected chi connectivity index (χ0v) is 18.2. The molecule has 0 aliphatic rings. The number of carbonyl (C=O) groups excluding carboxylic acids is 1. The number of aromatic nitrogens is 1. The Morgan fingerprint density at radius 3 is 2.59 bits per heavy atom. The predicted molar refractivity (Wildman–Crippen MR) is 111 cm³/mol. The standard InChI is InChI=1S/C19H24ClN3O5S/c1-19(2,3)23-29(25,26)16-12-13(7-8-14(16)20)17(24)22-15-6-5-9-21-18(15)28-11-10-27-4/h5-9,12,23H,10-11H2,1-4H3,(H,22,24). The van der Waals surface area contributed by atoms with Crippen molar-refractivity contribution < 1.29 is 22.7 Å². The van der Waals surface area contributed by atoms with Crippen LogP contribution in [0.1, 0.15) is 31.1 Å². The highest BCUT2D eigenvalue weighted by molar-refractivity contribution is 7.89. The van der Waals surface area contributed by atoms with E-state index in [1.165, 1.54) is 24.4 Å². The fraction of sp³-hybridized carbons (Fsp3) is 0.368. The third-order valence-electron chi connectivity index (χ3n) is 3.47. The molecule has 0 saturated heterocycles. The van der Waals surface area contributed by atoms with Crippen LogP contribution in [0.2, 0.25) is 5.02 Å². The highest BCUT2D eigenvalue weighted by atomic mass is 35.5. The number of benzene rings is 1. The van der Waals surface area contributed by atoms with Crippen LogP contribution in [-0.2, 0) is 14.8 Å². The van der Waals surface area contributed by atoms with E-state index in [2.05, 4.69) is 15.0 Å². The Labute approximate surface area is 175 Å². The van der Waals surface area contributed by atoms with Crippen molar-refractivity contribution in [1.82, 2.24) is 9.71 Å². The molecule has 0 unspecified atom stereocenters. The van der Waals surface area contributed by atoms with E-state index in [0.29, 0.717) is 12.3 Å². The Hall–Kier alpha value is -2.20. The van der Waals surface area contributed by atoms with Gasteiger partial charge in [-0.1, -0.05) is 11.6 Å². The maximum Gasteiger partial charge on any atom is 0.255 e. The van der Waals surface area contributed by atoms with Crippen LogP contribution in [-0.4, -0.2) is 45.2 Å². The van der Waals surface area contributed by atoms with Crippen molar-refractivity contribution in [2.75, 3.05) is 25.6 Å². The number of methoxy groups -OCH3 is 1. The molecule has 2 rings (SSSR count). The molecular weight excluding hydrogens is 418 g/mol. The normalized spacial score (nSPS) is 11.9. The number of nitrogens with zero attached hydrogens (tertiary/aromatic N) is 1. The van der Waals surface area contributed by atoms with Crippen LogP contribution in [0.25, 0.3) is 0 Å². The van der Waals surface area contributed by atoms with Crippen molar-refractivity contribution in [3.05, 3.63) is 47.1 Å². The Morgan fingerprint density at radius 2 is 1.93 bits per heavy atom. The van der Waals surface area contributed by atoms with Crippen molar-refractivity contribution in [2.24, 2.45) is 0 Å². The molecule has 1 heterocycles. The summed E-state index contributed by atoms with van der Waals surface area (Å²) in [7, 11) is -2.37. The van der Waals surface area contributed by atoms with Gasteiger partial charge < -0.3 is 14.8 Å². The first kappa shape index (κ1) is 23.1. The van der Waals surface area contributed by atoms with Crippen molar-refractivity contribution in [3.63, 3.8) is 0 Å². The fourth-order valence-electron chi connectivity index (χ4n) is 2.33. The first-order valence-corrected chi connectivity index (χ1v) is 10.6. The van der Waals surface area contributed by atoms with Gasteiger partial charge in [0.25, 0.3) is 5.91 Å². The smallest absolute Gasteiger partial charge is 0.255 e. The van der Waals surface area contributed by atoms with Crippen molar-refractivity contribution in [1.29, 1.82) is 0 Å². The molecule has 0 saturated carbocycles.